The van der Waals surface area contributed by atoms with Gasteiger partial charge in [0.15, 0.2) is 11.5 Å². The molecule has 158 valence electrons. The topological polar surface area (TPSA) is 38.8 Å². The summed E-state index contributed by atoms with van der Waals surface area (Å²) in [5.74, 6) is 1.61. The van der Waals surface area contributed by atoms with E-state index in [1.165, 1.54) is 5.56 Å². The number of rotatable bonds is 6. The molecule has 0 N–H and O–H groups in total. The van der Waals surface area contributed by atoms with Gasteiger partial charge >= 0.3 is 0 Å². The maximum Gasteiger partial charge on any atom is 0.258 e. The molecule has 1 aliphatic rings. The molecule has 0 saturated heterocycles. The quantitative estimate of drug-likeness (QED) is 0.530. The van der Waals surface area contributed by atoms with E-state index in [4.69, 9.17) is 9.47 Å². The van der Waals surface area contributed by atoms with Gasteiger partial charge in [0, 0.05) is 17.2 Å². The Hall–Kier alpha value is -3.53. The molecule has 31 heavy (non-hydrogen) atoms. The number of nitrogens with zero attached hydrogens (tertiary/aromatic N) is 1. The van der Waals surface area contributed by atoms with Crippen LogP contribution in [-0.4, -0.2) is 25.0 Å². The van der Waals surface area contributed by atoms with Crippen LogP contribution in [0.5, 0.6) is 11.5 Å². The second-order valence-electron chi connectivity index (χ2n) is 7.82. The highest BCUT2D eigenvalue weighted by atomic mass is 16.5. The molecule has 3 aromatic rings. The molecule has 1 amide bonds. The average Bonchev–Trinajstić information content (AvgIpc) is 2.82. The first-order chi connectivity index (χ1) is 15.1. The molecule has 0 radical (unpaired) electrons. The third kappa shape index (κ3) is 4.33. The van der Waals surface area contributed by atoms with Gasteiger partial charge < -0.3 is 14.4 Å². The minimum Gasteiger partial charge on any atom is -0.493 e. The van der Waals surface area contributed by atoms with Crippen molar-refractivity contribution in [1.82, 2.24) is 4.90 Å². The smallest absolute Gasteiger partial charge is 0.258 e. The Morgan fingerprint density at radius 1 is 0.935 bits per heavy atom. The fraction of sp³-hybridized carbons (Fsp3) is 0.222. The summed E-state index contributed by atoms with van der Waals surface area (Å²) in [4.78, 5) is 15.5. The fourth-order valence-corrected chi connectivity index (χ4v) is 4.11. The van der Waals surface area contributed by atoms with Crippen LogP contribution in [0.15, 0.2) is 78.5 Å². The number of ether oxygens (including phenoxy) is 2. The van der Waals surface area contributed by atoms with Gasteiger partial charge in [-0.1, -0.05) is 55.5 Å². The van der Waals surface area contributed by atoms with E-state index in [0.717, 1.165) is 29.0 Å². The molecule has 4 nitrogen and oxygen atoms in total. The predicted octanol–water partition coefficient (Wildman–Crippen LogP) is 5.58. The van der Waals surface area contributed by atoms with Crippen LogP contribution >= 0.6 is 0 Å². The number of hydrogen-bond donors (Lipinski definition) is 0. The lowest BCUT2D eigenvalue weighted by atomic mass is 9.86. The van der Waals surface area contributed by atoms with E-state index < -0.39 is 0 Å². The molecule has 0 spiro atoms. The molecule has 1 unspecified atom stereocenters. The molecule has 0 heterocycles. The first kappa shape index (κ1) is 20.7. The van der Waals surface area contributed by atoms with Gasteiger partial charge in [0.2, 0.25) is 0 Å². The largest absolute Gasteiger partial charge is 0.493 e. The van der Waals surface area contributed by atoms with Crippen LogP contribution in [0, 0.1) is 5.92 Å². The number of amides is 1. The zero-order chi connectivity index (χ0) is 21.8. The number of carbonyl (C=O) groups excluding carboxylic acids is 1. The van der Waals surface area contributed by atoms with E-state index in [9.17, 15) is 4.79 Å². The molecular weight excluding hydrogens is 386 g/mol. The molecule has 0 fully saturated rings. The fourth-order valence-electron chi connectivity index (χ4n) is 4.11. The summed E-state index contributed by atoms with van der Waals surface area (Å²) in [5, 5.41) is 0. The van der Waals surface area contributed by atoms with Crippen molar-refractivity contribution in [2.75, 3.05) is 14.2 Å². The van der Waals surface area contributed by atoms with E-state index in [-0.39, 0.29) is 11.8 Å². The Morgan fingerprint density at radius 2 is 1.55 bits per heavy atom. The average molecular weight is 414 g/mol. The third-order valence-corrected chi connectivity index (χ3v) is 5.74. The number of allylic oxidation sites excluding steroid dienone is 1. The van der Waals surface area contributed by atoms with Gasteiger partial charge in [0.05, 0.1) is 20.8 Å². The van der Waals surface area contributed by atoms with Gasteiger partial charge in [-0.15, -0.1) is 0 Å². The summed E-state index contributed by atoms with van der Waals surface area (Å²) in [7, 11) is 3.29. The molecule has 0 bridgehead atoms. The zero-order valence-corrected chi connectivity index (χ0v) is 18.2. The number of benzene rings is 3. The highest BCUT2D eigenvalue weighted by molar-refractivity contribution is 5.96. The lowest BCUT2D eigenvalue weighted by molar-refractivity contribution is 0.0781. The Bertz CT molecular complexity index is 1090. The van der Waals surface area contributed by atoms with E-state index in [0.29, 0.717) is 17.9 Å². The van der Waals surface area contributed by atoms with Crippen molar-refractivity contribution in [3.63, 3.8) is 0 Å². The van der Waals surface area contributed by atoms with Crippen molar-refractivity contribution in [2.24, 2.45) is 5.92 Å². The molecule has 0 aliphatic heterocycles. The number of fused-ring (bicyclic) bond motifs is 1. The first-order valence-corrected chi connectivity index (χ1v) is 10.5. The van der Waals surface area contributed by atoms with Gasteiger partial charge in [0.25, 0.3) is 5.91 Å². The first-order valence-electron chi connectivity index (χ1n) is 10.5. The molecule has 1 aliphatic carbocycles. The number of carbonyl (C=O) groups is 1. The maximum absolute atomic E-state index is 13.6. The van der Waals surface area contributed by atoms with Crippen molar-refractivity contribution in [3.8, 4) is 11.5 Å². The summed E-state index contributed by atoms with van der Waals surface area (Å²) in [5.41, 5.74) is 5.05. The predicted molar refractivity (Wildman–Crippen MR) is 123 cm³/mol. The van der Waals surface area contributed by atoms with Gasteiger partial charge in [0.1, 0.15) is 0 Å². The van der Waals surface area contributed by atoms with Crippen LogP contribution in [0.1, 0.15) is 34.0 Å². The van der Waals surface area contributed by atoms with Crippen LogP contribution in [0.4, 0.5) is 0 Å². The monoisotopic (exact) mass is 413 g/mol. The van der Waals surface area contributed by atoms with Gasteiger partial charge in [-0.25, -0.2) is 0 Å². The van der Waals surface area contributed by atoms with Crippen molar-refractivity contribution in [3.05, 3.63) is 101 Å². The minimum atomic E-state index is 0.00600. The molecule has 0 saturated carbocycles. The van der Waals surface area contributed by atoms with Crippen molar-refractivity contribution in [2.45, 2.75) is 19.9 Å². The minimum absolute atomic E-state index is 0.00600. The van der Waals surface area contributed by atoms with Crippen LogP contribution in [0.25, 0.3) is 6.08 Å². The van der Waals surface area contributed by atoms with Crippen LogP contribution in [0.3, 0.4) is 0 Å². The maximum atomic E-state index is 13.6. The normalized spacial score (nSPS) is 14.9. The lowest BCUT2D eigenvalue weighted by Gasteiger charge is -2.33. The van der Waals surface area contributed by atoms with Crippen LogP contribution in [-0.2, 0) is 13.0 Å². The van der Waals surface area contributed by atoms with Gasteiger partial charge in [-0.2, -0.15) is 0 Å². The van der Waals surface area contributed by atoms with Crippen molar-refractivity contribution < 1.29 is 14.3 Å². The van der Waals surface area contributed by atoms with Gasteiger partial charge in [-0.05, 0) is 53.5 Å². The van der Waals surface area contributed by atoms with Gasteiger partial charge in [-0.3, -0.25) is 4.79 Å². The Kier molecular flexibility index (Phi) is 6.08. The summed E-state index contributed by atoms with van der Waals surface area (Å²) >= 11 is 0. The third-order valence-electron chi connectivity index (χ3n) is 5.74. The van der Waals surface area contributed by atoms with E-state index in [1.807, 2.05) is 65.6 Å². The van der Waals surface area contributed by atoms with E-state index in [2.05, 4.69) is 25.1 Å². The summed E-state index contributed by atoms with van der Waals surface area (Å²) in [6, 6.07) is 23.6. The number of hydrogen-bond acceptors (Lipinski definition) is 3. The molecule has 0 aromatic heterocycles. The summed E-state index contributed by atoms with van der Waals surface area (Å²) in [6.45, 7) is 2.69. The molecule has 4 heteroatoms. The Morgan fingerprint density at radius 3 is 2.19 bits per heavy atom. The van der Waals surface area contributed by atoms with E-state index in [1.54, 1.807) is 14.2 Å². The highest BCUT2D eigenvalue weighted by Crippen LogP contribution is 2.38. The van der Waals surface area contributed by atoms with Crippen LogP contribution in [0.2, 0.25) is 0 Å². The second-order valence-corrected chi connectivity index (χ2v) is 7.82. The standard InChI is InChI=1S/C27H27NO3/c1-19-14-22-16-25(30-2)26(31-3)17-23(22)15-24(19)28(18-20-10-6-4-7-11-20)27(29)21-12-8-5-9-13-21/h4-13,15-17,19H,14,18H2,1-3H3. The molecule has 4 rings (SSSR count). The zero-order valence-electron chi connectivity index (χ0n) is 18.2. The molecule has 3 aromatic carbocycles. The molecule has 1 atom stereocenters. The lowest BCUT2D eigenvalue weighted by Crippen LogP contribution is -2.34. The Balaban J connectivity index is 1.78. The highest BCUT2D eigenvalue weighted by Gasteiger charge is 2.28. The summed E-state index contributed by atoms with van der Waals surface area (Å²) < 4.78 is 11.0. The SMILES string of the molecule is COc1cc2c(cc1OC)CC(C)C(N(Cc1ccccc1)C(=O)c1ccccc1)=C2. The second kappa shape index (κ2) is 9.09. The number of methoxy groups -OCH3 is 2. The Labute approximate surface area is 183 Å². The molecular formula is C27H27NO3. The van der Waals surface area contributed by atoms with Crippen molar-refractivity contribution in [1.29, 1.82) is 0 Å². The van der Waals surface area contributed by atoms with Crippen molar-refractivity contribution >= 4 is 12.0 Å². The summed E-state index contributed by atoms with van der Waals surface area (Å²) in [6.07, 6.45) is 2.95. The van der Waals surface area contributed by atoms with Crippen LogP contribution < -0.4 is 9.47 Å². The van der Waals surface area contributed by atoms with E-state index >= 15 is 0 Å².